The molecule has 0 radical (unpaired) electrons. The summed E-state index contributed by atoms with van der Waals surface area (Å²) in [5.74, 6) is 2.28. The number of piperazine rings is 1. The smallest absolute Gasteiger partial charge is 0.202 e. The van der Waals surface area contributed by atoms with Crippen molar-refractivity contribution in [2.75, 3.05) is 52.1 Å². The van der Waals surface area contributed by atoms with Gasteiger partial charge in [-0.2, -0.15) is 0 Å². The highest BCUT2D eigenvalue weighted by molar-refractivity contribution is 7.96. The minimum Gasteiger partial charge on any atom is -0.358 e. The normalized spacial score (nSPS) is 28.0. The number of rotatable bonds is 2. The van der Waals surface area contributed by atoms with E-state index in [4.69, 9.17) is 4.99 Å². The predicted molar refractivity (Wildman–Crippen MR) is 95.3 cm³/mol. The number of guanidine groups is 1. The molecule has 8 heteroatoms. The number of fused-ring (bicyclic) bond motifs is 1. The van der Waals surface area contributed by atoms with Gasteiger partial charge in [0, 0.05) is 51.1 Å². The Kier molecular flexibility index (Phi) is 4.35. The molecular weight excluding hydrogens is 310 g/mol. The third-order valence-electron chi connectivity index (χ3n) is 4.84. The van der Waals surface area contributed by atoms with Gasteiger partial charge < -0.3 is 20.4 Å². The molecule has 4 heterocycles. The molecule has 2 N–H and O–H groups in total. The molecular formula is C15H25N7S. The number of aliphatic imine (C=N–C) groups is 2. The number of hydrogen-bond acceptors (Lipinski definition) is 8. The molecule has 23 heavy (non-hydrogen) atoms. The second-order valence-corrected chi connectivity index (χ2v) is 7.04. The van der Waals surface area contributed by atoms with E-state index in [2.05, 4.69) is 36.0 Å². The molecule has 0 saturated carbocycles. The Labute approximate surface area is 142 Å². The minimum atomic E-state index is 0.0734. The van der Waals surface area contributed by atoms with Gasteiger partial charge in [-0.05, 0) is 12.8 Å². The lowest BCUT2D eigenvalue weighted by atomic mass is 10.1. The molecule has 126 valence electrons. The van der Waals surface area contributed by atoms with Crippen molar-refractivity contribution in [1.29, 1.82) is 0 Å². The van der Waals surface area contributed by atoms with Crippen LogP contribution in [0, 0.1) is 0 Å². The molecule has 7 nitrogen and oxygen atoms in total. The fourth-order valence-corrected chi connectivity index (χ4v) is 4.13. The van der Waals surface area contributed by atoms with Crippen molar-refractivity contribution in [1.82, 2.24) is 24.7 Å². The number of likely N-dealkylation sites (tertiary alicyclic amines) is 1. The molecule has 1 atom stereocenters. The van der Waals surface area contributed by atoms with E-state index in [1.807, 2.05) is 6.34 Å². The summed E-state index contributed by atoms with van der Waals surface area (Å²) in [5.41, 5.74) is 1.31. The van der Waals surface area contributed by atoms with Gasteiger partial charge in [0.25, 0.3) is 0 Å². The van der Waals surface area contributed by atoms with E-state index < -0.39 is 0 Å². The van der Waals surface area contributed by atoms with Crippen LogP contribution < -0.4 is 10.6 Å². The van der Waals surface area contributed by atoms with Crippen LogP contribution in [0.3, 0.4) is 0 Å². The van der Waals surface area contributed by atoms with Crippen LogP contribution in [0.25, 0.3) is 0 Å². The van der Waals surface area contributed by atoms with E-state index in [1.165, 1.54) is 24.2 Å². The number of nitrogens with one attached hydrogen (secondary N) is 2. The fraction of sp³-hybridized carbons (Fsp3) is 0.733. The Bertz CT molecular complexity index is 532. The zero-order valence-corrected chi connectivity index (χ0v) is 14.5. The van der Waals surface area contributed by atoms with Gasteiger partial charge in [0.2, 0.25) is 5.96 Å². The van der Waals surface area contributed by atoms with Crippen molar-refractivity contribution < 1.29 is 0 Å². The van der Waals surface area contributed by atoms with E-state index in [0.29, 0.717) is 0 Å². The van der Waals surface area contributed by atoms with Crippen molar-refractivity contribution in [2.45, 2.75) is 19.0 Å². The first-order valence-electron chi connectivity index (χ1n) is 8.47. The van der Waals surface area contributed by atoms with Gasteiger partial charge in [0.1, 0.15) is 5.82 Å². The van der Waals surface area contributed by atoms with Gasteiger partial charge in [0.05, 0.1) is 12.9 Å². The van der Waals surface area contributed by atoms with Crippen molar-refractivity contribution in [3.05, 3.63) is 11.4 Å². The van der Waals surface area contributed by atoms with E-state index in [0.717, 1.165) is 51.8 Å². The summed E-state index contributed by atoms with van der Waals surface area (Å²) in [6, 6.07) is 0. The van der Waals surface area contributed by atoms with Gasteiger partial charge in [-0.15, -0.1) is 0 Å². The van der Waals surface area contributed by atoms with Crippen LogP contribution in [0.2, 0.25) is 0 Å². The third-order valence-corrected chi connectivity index (χ3v) is 5.55. The molecule has 2 saturated heterocycles. The highest BCUT2D eigenvalue weighted by Crippen LogP contribution is 2.29. The van der Waals surface area contributed by atoms with Gasteiger partial charge in [0.15, 0.2) is 6.17 Å². The molecule has 4 aliphatic heterocycles. The lowest BCUT2D eigenvalue weighted by Gasteiger charge is -2.41. The summed E-state index contributed by atoms with van der Waals surface area (Å²) >= 11 is 1.69. The van der Waals surface area contributed by atoms with E-state index in [-0.39, 0.29) is 6.17 Å². The Hall–Kier alpha value is -1.41. The zero-order valence-electron chi connectivity index (χ0n) is 13.7. The lowest BCUT2D eigenvalue weighted by Crippen LogP contribution is -2.55. The molecule has 0 spiro atoms. The maximum atomic E-state index is 5.03. The largest absolute Gasteiger partial charge is 0.358 e. The van der Waals surface area contributed by atoms with Crippen LogP contribution in [0.4, 0.5) is 0 Å². The summed E-state index contributed by atoms with van der Waals surface area (Å²) in [6.45, 7) is 7.08. The van der Waals surface area contributed by atoms with Gasteiger partial charge in [-0.25, -0.2) is 4.99 Å². The maximum Gasteiger partial charge on any atom is 0.202 e. The third kappa shape index (κ3) is 2.89. The average molecular weight is 335 g/mol. The first-order chi connectivity index (χ1) is 11.4. The Balaban J connectivity index is 1.66. The van der Waals surface area contributed by atoms with Crippen molar-refractivity contribution in [3.63, 3.8) is 0 Å². The minimum absolute atomic E-state index is 0.0734. The molecule has 0 aromatic rings. The summed E-state index contributed by atoms with van der Waals surface area (Å²) in [5, 5.41) is 7.07. The second kappa shape index (κ2) is 6.60. The molecule has 0 aromatic heterocycles. The van der Waals surface area contributed by atoms with E-state index in [9.17, 15) is 0 Å². The molecule has 1 unspecified atom stereocenters. The summed E-state index contributed by atoms with van der Waals surface area (Å²) in [6.07, 6.45) is 6.65. The SMILES string of the molecule is CSN1C=NCC2=C(N3CCCC3)NC(N3CCNCC3)=NC21. The Morgan fingerprint density at radius 3 is 2.65 bits per heavy atom. The zero-order chi connectivity index (χ0) is 15.6. The topological polar surface area (TPSA) is 58.5 Å². The van der Waals surface area contributed by atoms with Crippen LogP contribution in [-0.4, -0.2) is 84.6 Å². The fourth-order valence-electron chi connectivity index (χ4n) is 3.59. The predicted octanol–water partition coefficient (Wildman–Crippen LogP) is 0.106. The van der Waals surface area contributed by atoms with Crippen LogP contribution >= 0.6 is 11.9 Å². The Morgan fingerprint density at radius 1 is 1.13 bits per heavy atom. The maximum absolute atomic E-state index is 5.03. The molecule has 0 aliphatic carbocycles. The summed E-state index contributed by atoms with van der Waals surface area (Å²) in [7, 11) is 0. The van der Waals surface area contributed by atoms with Gasteiger partial charge in [-0.1, -0.05) is 11.9 Å². The monoisotopic (exact) mass is 335 g/mol. The first-order valence-corrected chi connectivity index (χ1v) is 9.66. The van der Waals surface area contributed by atoms with Crippen LogP contribution in [0.1, 0.15) is 12.8 Å². The van der Waals surface area contributed by atoms with E-state index >= 15 is 0 Å². The first kappa shape index (κ1) is 15.1. The summed E-state index contributed by atoms with van der Waals surface area (Å²) in [4.78, 5) is 14.4. The quantitative estimate of drug-likeness (QED) is 0.699. The highest BCUT2D eigenvalue weighted by Gasteiger charge is 2.34. The average Bonchev–Trinajstić information content (AvgIpc) is 3.15. The lowest BCUT2D eigenvalue weighted by molar-refractivity contribution is 0.322. The molecule has 2 fully saturated rings. The summed E-state index contributed by atoms with van der Waals surface area (Å²) < 4.78 is 2.16. The Morgan fingerprint density at radius 2 is 1.91 bits per heavy atom. The standard InChI is InChI=1S/C15H25N7S/c1-23-22-11-17-10-12-13(20-6-2-3-7-20)18-15(19-14(12)22)21-8-4-16-5-9-21/h11,14,16H,2-10H2,1H3,(H,18,19). The molecule has 0 amide bonds. The molecule has 0 bridgehead atoms. The molecule has 4 rings (SSSR count). The van der Waals surface area contributed by atoms with Crippen molar-refractivity contribution >= 4 is 24.2 Å². The van der Waals surface area contributed by atoms with E-state index in [1.54, 1.807) is 11.9 Å². The van der Waals surface area contributed by atoms with Crippen LogP contribution in [-0.2, 0) is 0 Å². The molecule has 4 aliphatic rings. The molecule has 0 aromatic carbocycles. The second-order valence-electron chi connectivity index (χ2n) is 6.26. The van der Waals surface area contributed by atoms with Crippen LogP contribution in [0.5, 0.6) is 0 Å². The van der Waals surface area contributed by atoms with Crippen LogP contribution in [0.15, 0.2) is 21.4 Å². The van der Waals surface area contributed by atoms with Crippen molar-refractivity contribution in [2.24, 2.45) is 9.98 Å². The highest BCUT2D eigenvalue weighted by atomic mass is 32.2. The number of nitrogens with zero attached hydrogens (tertiary/aromatic N) is 5. The van der Waals surface area contributed by atoms with Crippen molar-refractivity contribution in [3.8, 4) is 0 Å². The number of hydrogen-bond donors (Lipinski definition) is 2. The van der Waals surface area contributed by atoms with Gasteiger partial charge >= 0.3 is 0 Å². The van der Waals surface area contributed by atoms with Gasteiger partial charge in [-0.3, -0.25) is 9.30 Å².